The van der Waals surface area contributed by atoms with Crippen molar-refractivity contribution in [1.82, 2.24) is 10.9 Å². The minimum Gasteiger partial charge on any atom is -0.504 e. The van der Waals surface area contributed by atoms with E-state index in [1.807, 2.05) is 6.92 Å². The van der Waals surface area contributed by atoms with Crippen LogP contribution in [0.4, 0.5) is 0 Å². The molecule has 1 aliphatic rings. The minimum atomic E-state index is -0.570. The maximum Gasteiger partial charge on any atom is 0.249 e. The summed E-state index contributed by atoms with van der Waals surface area (Å²) < 4.78 is 5.26. The highest BCUT2D eigenvalue weighted by Gasteiger charge is 2.28. The number of ether oxygens (including phenoxy) is 1. The first kappa shape index (κ1) is 16.5. The van der Waals surface area contributed by atoms with Gasteiger partial charge in [0.1, 0.15) is 0 Å². The lowest BCUT2D eigenvalue weighted by Gasteiger charge is -2.07. The fraction of sp³-hybridized carbons (Fsp3) is 0.333. The summed E-state index contributed by atoms with van der Waals surface area (Å²) in [6.07, 6.45) is 1.27. The van der Waals surface area contributed by atoms with Crippen molar-refractivity contribution in [1.29, 1.82) is 0 Å². The van der Waals surface area contributed by atoms with Gasteiger partial charge >= 0.3 is 0 Å². The van der Waals surface area contributed by atoms with E-state index in [0.717, 1.165) is 0 Å². The summed E-state index contributed by atoms with van der Waals surface area (Å²) in [5.74, 6) is -0.996. The molecule has 3 N–H and O–H groups in total. The number of aromatic hydroxyl groups is 1. The first-order valence-corrected chi connectivity index (χ1v) is 7.13. The second-order valence-corrected chi connectivity index (χ2v) is 4.91. The van der Waals surface area contributed by atoms with Crippen LogP contribution >= 0.6 is 0 Å². The second-order valence-electron chi connectivity index (χ2n) is 4.91. The summed E-state index contributed by atoms with van der Waals surface area (Å²) in [5, 5.41) is 17.5. The molecule has 0 fully saturated rings. The second kappa shape index (κ2) is 7.39. The topological polar surface area (TPSA) is 112 Å². The molecule has 2 amide bonds. The first-order valence-electron chi connectivity index (χ1n) is 7.13. The number of carbonyl (C=O) groups excluding carboxylic acids is 2. The van der Waals surface area contributed by atoms with E-state index in [4.69, 9.17) is 4.74 Å². The summed E-state index contributed by atoms with van der Waals surface area (Å²) in [5.41, 5.74) is 5.61. The van der Waals surface area contributed by atoms with Gasteiger partial charge in [0.2, 0.25) is 11.8 Å². The van der Waals surface area contributed by atoms with Crippen LogP contribution in [-0.4, -0.2) is 35.5 Å². The summed E-state index contributed by atoms with van der Waals surface area (Å²) in [6.45, 7) is 3.91. The predicted molar refractivity (Wildman–Crippen MR) is 84.4 cm³/mol. The molecule has 1 atom stereocenters. The van der Waals surface area contributed by atoms with Crippen molar-refractivity contribution in [2.75, 3.05) is 6.61 Å². The number of para-hydroxylation sites is 1. The van der Waals surface area contributed by atoms with Crippen LogP contribution in [0.15, 0.2) is 28.4 Å². The quantitative estimate of drug-likeness (QED) is 0.531. The molecule has 8 heteroatoms. The van der Waals surface area contributed by atoms with Crippen LogP contribution in [0, 0.1) is 5.92 Å². The van der Waals surface area contributed by atoms with Gasteiger partial charge in [-0.1, -0.05) is 6.07 Å². The summed E-state index contributed by atoms with van der Waals surface area (Å²) in [4.78, 5) is 23.3. The number of amides is 2. The van der Waals surface area contributed by atoms with Crippen LogP contribution in [0.1, 0.15) is 25.8 Å². The molecule has 0 unspecified atom stereocenters. The maximum absolute atomic E-state index is 11.8. The third-order valence-corrected chi connectivity index (χ3v) is 3.28. The number of benzene rings is 1. The average Bonchev–Trinajstić information content (AvgIpc) is 2.83. The number of nitrogens with zero attached hydrogens (tertiary/aromatic N) is 2. The lowest BCUT2D eigenvalue weighted by atomic mass is 10.0. The van der Waals surface area contributed by atoms with Crippen LogP contribution in [0.3, 0.4) is 0 Å². The average molecular weight is 318 g/mol. The third-order valence-electron chi connectivity index (χ3n) is 3.28. The Kier molecular flexibility index (Phi) is 5.29. The first-order chi connectivity index (χ1) is 11.0. The minimum absolute atomic E-state index is 0.0382. The SMILES string of the molecule is CCOc1cccc(/C=N\NC(=O)C[C@@H]2C(=O)NN=C2C)c1O. The molecule has 122 valence electrons. The van der Waals surface area contributed by atoms with Crippen LogP contribution < -0.4 is 15.6 Å². The monoisotopic (exact) mass is 318 g/mol. The van der Waals surface area contributed by atoms with Crippen molar-refractivity contribution in [2.45, 2.75) is 20.3 Å². The van der Waals surface area contributed by atoms with Gasteiger partial charge in [0.25, 0.3) is 0 Å². The van der Waals surface area contributed by atoms with Gasteiger partial charge in [-0.15, -0.1) is 0 Å². The highest BCUT2D eigenvalue weighted by Crippen LogP contribution is 2.28. The van der Waals surface area contributed by atoms with E-state index in [1.165, 1.54) is 6.21 Å². The van der Waals surface area contributed by atoms with Crippen molar-refractivity contribution < 1.29 is 19.4 Å². The molecule has 8 nitrogen and oxygen atoms in total. The van der Waals surface area contributed by atoms with E-state index in [0.29, 0.717) is 23.6 Å². The summed E-state index contributed by atoms with van der Waals surface area (Å²) in [6, 6.07) is 4.97. The Morgan fingerprint density at radius 2 is 2.35 bits per heavy atom. The van der Waals surface area contributed by atoms with Crippen molar-refractivity contribution in [3.63, 3.8) is 0 Å². The number of phenols is 1. The number of hydrogen-bond donors (Lipinski definition) is 3. The lowest BCUT2D eigenvalue weighted by Crippen LogP contribution is -2.29. The Bertz CT molecular complexity index is 669. The predicted octanol–water partition coefficient (Wildman–Crippen LogP) is 0.753. The Morgan fingerprint density at radius 3 is 3.00 bits per heavy atom. The smallest absolute Gasteiger partial charge is 0.249 e. The molecule has 0 aromatic heterocycles. The molecule has 1 heterocycles. The molecular weight excluding hydrogens is 300 g/mol. The van der Waals surface area contributed by atoms with Gasteiger partial charge in [-0.3, -0.25) is 9.59 Å². The van der Waals surface area contributed by atoms with Crippen LogP contribution in [0.2, 0.25) is 0 Å². The van der Waals surface area contributed by atoms with Gasteiger partial charge in [0.15, 0.2) is 11.5 Å². The van der Waals surface area contributed by atoms with E-state index in [2.05, 4.69) is 21.1 Å². The number of phenolic OH excluding ortho intramolecular Hbond substituents is 1. The number of rotatable bonds is 6. The lowest BCUT2D eigenvalue weighted by molar-refractivity contribution is -0.127. The molecule has 1 aromatic rings. The molecule has 0 radical (unpaired) electrons. The third kappa shape index (κ3) is 4.06. The van der Waals surface area contributed by atoms with Gasteiger partial charge < -0.3 is 9.84 Å². The standard InChI is InChI=1S/C15H18N4O4/c1-3-23-12-6-4-5-10(14(12)21)8-16-18-13(20)7-11-9(2)17-19-15(11)22/h4-6,8,11,21H,3,7H2,1-2H3,(H,18,20)(H,19,22)/b16-8-/t11-/m0/s1. The fourth-order valence-electron chi connectivity index (χ4n) is 2.05. The van der Waals surface area contributed by atoms with Crippen molar-refractivity contribution in [2.24, 2.45) is 16.1 Å². The van der Waals surface area contributed by atoms with Crippen molar-refractivity contribution in [3.8, 4) is 11.5 Å². The number of hydrazone groups is 2. The van der Waals surface area contributed by atoms with Gasteiger partial charge in [0.05, 0.1) is 18.7 Å². The fourth-order valence-corrected chi connectivity index (χ4v) is 2.05. The summed E-state index contributed by atoms with van der Waals surface area (Å²) >= 11 is 0. The van der Waals surface area contributed by atoms with Gasteiger partial charge in [-0.25, -0.2) is 10.9 Å². The molecule has 1 aliphatic heterocycles. The molecule has 0 aliphatic carbocycles. The zero-order valence-corrected chi connectivity index (χ0v) is 12.9. The van der Waals surface area contributed by atoms with Crippen LogP contribution in [0.5, 0.6) is 11.5 Å². The molecule has 0 bridgehead atoms. The highest BCUT2D eigenvalue weighted by molar-refractivity contribution is 6.09. The molecular formula is C15H18N4O4. The normalized spacial score (nSPS) is 17.0. The Hall–Kier alpha value is -2.90. The van der Waals surface area contributed by atoms with Crippen molar-refractivity contribution in [3.05, 3.63) is 23.8 Å². The maximum atomic E-state index is 11.8. The molecule has 2 rings (SSSR count). The van der Waals surface area contributed by atoms with E-state index < -0.39 is 11.8 Å². The van der Waals surface area contributed by atoms with Gasteiger partial charge in [0, 0.05) is 17.7 Å². The van der Waals surface area contributed by atoms with Gasteiger partial charge in [-0.2, -0.15) is 10.2 Å². The molecule has 0 saturated carbocycles. The Balaban J connectivity index is 1.94. The molecule has 0 saturated heterocycles. The largest absolute Gasteiger partial charge is 0.504 e. The molecule has 1 aromatic carbocycles. The zero-order chi connectivity index (χ0) is 16.8. The number of carbonyl (C=O) groups is 2. The molecule has 23 heavy (non-hydrogen) atoms. The van der Waals surface area contributed by atoms with E-state index in [-0.39, 0.29) is 18.1 Å². The number of hydrogen-bond acceptors (Lipinski definition) is 6. The van der Waals surface area contributed by atoms with Crippen LogP contribution in [0.25, 0.3) is 0 Å². The van der Waals surface area contributed by atoms with Gasteiger partial charge in [-0.05, 0) is 26.0 Å². The Morgan fingerprint density at radius 1 is 1.57 bits per heavy atom. The highest BCUT2D eigenvalue weighted by atomic mass is 16.5. The van der Waals surface area contributed by atoms with Crippen LogP contribution in [-0.2, 0) is 9.59 Å². The molecule has 0 spiro atoms. The van der Waals surface area contributed by atoms with Crippen molar-refractivity contribution >= 4 is 23.7 Å². The Labute approximate surface area is 133 Å². The summed E-state index contributed by atoms with van der Waals surface area (Å²) in [7, 11) is 0. The van der Waals surface area contributed by atoms with E-state index in [9.17, 15) is 14.7 Å². The van der Waals surface area contributed by atoms with E-state index in [1.54, 1.807) is 25.1 Å². The zero-order valence-electron chi connectivity index (χ0n) is 12.9. The number of nitrogens with one attached hydrogen (secondary N) is 2. The van der Waals surface area contributed by atoms with E-state index >= 15 is 0 Å².